The molecule has 0 saturated heterocycles. The van der Waals surface area contributed by atoms with E-state index in [2.05, 4.69) is 24.2 Å². The molecule has 0 amide bonds. The van der Waals surface area contributed by atoms with Crippen LogP contribution >= 0.6 is 15.6 Å². The summed E-state index contributed by atoms with van der Waals surface area (Å²) in [7, 11) is -8.41. The number of para-hydroxylation sites is 1. The van der Waals surface area contributed by atoms with Crippen molar-refractivity contribution in [1.82, 2.24) is 0 Å². The van der Waals surface area contributed by atoms with Crippen LogP contribution in [-0.2, 0) is 13.4 Å². The molecule has 0 heterocycles. The molecular formula is C16H22O9P2. The fraction of sp³-hybridized carbons (Fsp3) is 0.250. The van der Waals surface area contributed by atoms with Gasteiger partial charge in [0.15, 0.2) is 0 Å². The summed E-state index contributed by atoms with van der Waals surface area (Å²) in [5.41, 5.74) is 3.36. The molecule has 9 nitrogen and oxygen atoms in total. The highest BCUT2D eigenvalue weighted by atomic mass is 31.3. The first-order chi connectivity index (χ1) is 12.3. The fourth-order valence-electron chi connectivity index (χ4n) is 2.15. The molecule has 0 bridgehead atoms. The molecule has 0 radical (unpaired) electrons. The Balaban J connectivity index is 0.000000345. The Hall–Kier alpha value is -1.70. The largest absolute Gasteiger partial charge is 0.496 e. The van der Waals surface area contributed by atoms with E-state index < -0.39 is 15.6 Å². The number of aryl methyl sites for hydroxylation is 1. The molecule has 11 heteroatoms. The molecule has 0 aromatic heterocycles. The van der Waals surface area contributed by atoms with Crippen molar-refractivity contribution in [3.8, 4) is 17.2 Å². The van der Waals surface area contributed by atoms with Gasteiger partial charge >= 0.3 is 15.6 Å². The third kappa shape index (κ3) is 8.24. The van der Waals surface area contributed by atoms with Crippen molar-refractivity contribution in [2.75, 3.05) is 7.11 Å². The Morgan fingerprint density at radius 3 is 1.78 bits per heavy atom. The van der Waals surface area contributed by atoms with E-state index in [-0.39, 0.29) is 0 Å². The van der Waals surface area contributed by atoms with E-state index in [0.29, 0.717) is 0 Å². The lowest BCUT2D eigenvalue weighted by Crippen LogP contribution is -1.97. The van der Waals surface area contributed by atoms with E-state index in [1.807, 2.05) is 37.3 Å². The number of methoxy groups -OCH3 is 1. The number of ether oxygens (including phenoxy) is 2. The fourth-order valence-corrected chi connectivity index (χ4v) is 3.26. The van der Waals surface area contributed by atoms with Crippen molar-refractivity contribution >= 4 is 15.6 Å². The minimum Gasteiger partial charge on any atom is -0.496 e. The van der Waals surface area contributed by atoms with Crippen LogP contribution in [0.1, 0.15) is 16.7 Å². The van der Waals surface area contributed by atoms with Gasteiger partial charge in [-0.1, -0.05) is 18.2 Å². The maximum atomic E-state index is 9.63. The topological polar surface area (TPSA) is 143 Å². The minimum atomic E-state index is -5.05. The highest BCUT2D eigenvalue weighted by molar-refractivity contribution is 7.60. The van der Waals surface area contributed by atoms with Gasteiger partial charge in [0.2, 0.25) is 0 Å². The first kappa shape index (κ1) is 23.3. The molecule has 0 atom stereocenters. The predicted octanol–water partition coefficient (Wildman–Crippen LogP) is 3.60. The summed E-state index contributed by atoms with van der Waals surface area (Å²) in [5.74, 6) is 2.59. The van der Waals surface area contributed by atoms with Crippen LogP contribution in [0.4, 0.5) is 0 Å². The normalized spacial score (nSPS) is 11.4. The van der Waals surface area contributed by atoms with Crippen molar-refractivity contribution in [1.29, 1.82) is 0 Å². The Kier molecular flexibility index (Phi) is 8.20. The Morgan fingerprint density at radius 1 is 0.852 bits per heavy atom. The zero-order valence-electron chi connectivity index (χ0n) is 15.2. The predicted molar refractivity (Wildman–Crippen MR) is 98.9 cm³/mol. The van der Waals surface area contributed by atoms with Gasteiger partial charge in [-0.25, -0.2) is 9.13 Å². The van der Waals surface area contributed by atoms with Gasteiger partial charge in [-0.05, 0) is 50.1 Å². The molecule has 2 rings (SSSR count). The van der Waals surface area contributed by atoms with Crippen LogP contribution in [-0.4, -0.2) is 26.7 Å². The number of rotatable bonds is 5. The first-order valence-corrected chi connectivity index (χ1v) is 10.6. The summed E-state index contributed by atoms with van der Waals surface area (Å²) in [6.07, 6.45) is 0. The number of phosphoric acid groups is 2. The second kappa shape index (κ2) is 9.48. The molecule has 2 aromatic carbocycles. The van der Waals surface area contributed by atoms with E-state index in [1.165, 1.54) is 5.56 Å². The molecule has 0 aliphatic heterocycles. The van der Waals surface area contributed by atoms with Crippen LogP contribution in [0.25, 0.3) is 0 Å². The second-order valence-electron chi connectivity index (χ2n) is 5.45. The van der Waals surface area contributed by atoms with Crippen LogP contribution in [0.2, 0.25) is 0 Å². The molecule has 0 unspecified atom stereocenters. The van der Waals surface area contributed by atoms with Gasteiger partial charge < -0.3 is 29.0 Å². The molecule has 0 fully saturated rings. The molecular weight excluding hydrogens is 398 g/mol. The minimum absolute atomic E-state index is 0.839. The molecule has 2 aromatic rings. The Labute approximate surface area is 157 Å². The first-order valence-electron chi connectivity index (χ1n) is 7.54. The lowest BCUT2D eigenvalue weighted by molar-refractivity contribution is 0.225. The second-order valence-corrected chi connectivity index (χ2v) is 8.07. The van der Waals surface area contributed by atoms with Crippen LogP contribution in [0, 0.1) is 20.8 Å². The third-order valence-electron chi connectivity index (χ3n) is 3.38. The van der Waals surface area contributed by atoms with Crippen LogP contribution in [0.15, 0.2) is 36.4 Å². The van der Waals surface area contributed by atoms with Gasteiger partial charge in [-0.2, -0.15) is 4.31 Å². The Bertz CT molecular complexity index is 836. The van der Waals surface area contributed by atoms with Gasteiger partial charge in [0, 0.05) is 5.56 Å². The summed E-state index contributed by atoms with van der Waals surface area (Å²) in [6, 6.07) is 11.8. The Morgan fingerprint density at radius 2 is 1.37 bits per heavy atom. The average molecular weight is 420 g/mol. The number of benzene rings is 2. The van der Waals surface area contributed by atoms with E-state index in [0.717, 1.165) is 28.4 Å². The molecule has 0 spiro atoms. The van der Waals surface area contributed by atoms with Crippen molar-refractivity contribution in [3.63, 3.8) is 0 Å². The zero-order chi connectivity index (χ0) is 20.8. The van der Waals surface area contributed by atoms with Gasteiger partial charge in [0.25, 0.3) is 0 Å². The maximum Gasteiger partial charge on any atom is 0.478 e. The van der Waals surface area contributed by atoms with Crippen LogP contribution < -0.4 is 9.47 Å². The summed E-state index contributed by atoms with van der Waals surface area (Å²) in [6.45, 7) is 6.14. The molecule has 0 saturated carbocycles. The van der Waals surface area contributed by atoms with Crippen molar-refractivity contribution < 1.29 is 42.5 Å². The van der Waals surface area contributed by atoms with Crippen molar-refractivity contribution in [2.24, 2.45) is 0 Å². The highest BCUT2D eigenvalue weighted by Crippen LogP contribution is 2.53. The van der Waals surface area contributed by atoms with Crippen molar-refractivity contribution in [3.05, 3.63) is 53.1 Å². The zero-order valence-corrected chi connectivity index (χ0v) is 17.0. The lowest BCUT2D eigenvalue weighted by Gasteiger charge is -2.16. The monoisotopic (exact) mass is 420 g/mol. The molecule has 0 aliphatic carbocycles. The maximum absolute atomic E-state index is 9.63. The summed E-state index contributed by atoms with van der Waals surface area (Å²) in [5, 5.41) is 0. The van der Waals surface area contributed by atoms with E-state index >= 15 is 0 Å². The van der Waals surface area contributed by atoms with Crippen LogP contribution in [0.5, 0.6) is 17.2 Å². The smallest absolute Gasteiger partial charge is 0.478 e. The number of hydrogen-bond acceptors (Lipinski definition) is 5. The third-order valence-corrected chi connectivity index (χ3v) is 5.08. The standard InChI is InChI=1S/C16H18O2.H4O7P2/c1-11-10-15(13(3)16(17-4)12(11)2)18-14-8-6-5-7-9-14;1-8(2,3)7-9(4,5)6/h5-10H,1-4H3;(H2,1,2,3)(H2,4,5,6). The van der Waals surface area contributed by atoms with Gasteiger partial charge in [0.1, 0.15) is 17.2 Å². The highest BCUT2D eigenvalue weighted by Gasteiger charge is 2.27. The quantitative estimate of drug-likeness (QED) is 0.534. The molecule has 150 valence electrons. The van der Waals surface area contributed by atoms with E-state index in [9.17, 15) is 9.13 Å². The SMILES string of the molecule is COc1c(C)c(C)cc(Oc2ccccc2)c1C.O=P(O)(O)OP(=O)(O)O. The van der Waals surface area contributed by atoms with E-state index in [1.54, 1.807) is 7.11 Å². The number of hydrogen-bond donors (Lipinski definition) is 4. The molecule has 27 heavy (non-hydrogen) atoms. The van der Waals surface area contributed by atoms with Crippen LogP contribution in [0.3, 0.4) is 0 Å². The van der Waals surface area contributed by atoms with E-state index in [4.69, 9.17) is 29.0 Å². The molecule has 0 aliphatic rings. The van der Waals surface area contributed by atoms with Crippen molar-refractivity contribution in [2.45, 2.75) is 20.8 Å². The van der Waals surface area contributed by atoms with Gasteiger partial charge in [-0.15, -0.1) is 0 Å². The summed E-state index contributed by atoms with van der Waals surface area (Å²) >= 11 is 0. The van der Waals surface area contributed by atoms with Gasteiger partial charge in [-0.3, -0.25) is 0 Å². The average Bonchev–Trinajstić information content (AvgIpc) is 2.51. The summed E-state index contributed by atoms with van der Waals surface area (Å²) in [4.78, 5) is 31.0. The molecule has 4 N–H and O–H groups in total. The summed E-state index contributed by atoms with van der Waals surface area (Å²) < 4.78 is 33.6. The van der Waals surface area contributed by atoms with Gasteiger partial charge in [0.05, 0.1) is 7.11 Å². The lowest BCUT2D eigenvalue weighted by atomic mass is 10.0.